The smallest absolute Gasteiger partial charge is 0.108 e. The van der Waals surface area contributed by atoms with Gasteiger partial charge in [-0.3, -0.25) is 4.98 Å². The fourth-order valence-corrected chi connectivity index (χ4v) is 5.58. The summed E-state index contributed by atoms with van der Waals surface area (Å²) in [5, 5.41) is 1.33. The lowest BCUT2D eigenvalue weighted by Gasteiger charge is -2.32. The van der Waals surface area contributed by atoms with E-state index in [1.807, 2.05) is 12.3 Å². The number of nitrogens with zero attached hydrogens (tertiary/aromatic N) is 1. The third-order valence-electron chi connectivity index (χ3n) is 3.55. The highest BCUT2D eigenvalue weighted by molar-refractivity contribution is 6.90. The normalized spacial score (nSPS) is 13.7. The largest absolute Gasteiger partial charge is 0.266 e. The van der Waals surface area contributed by atoms with Gasteiger partial charge in [0.25, 0.3) is 0 Å². The average Bonchev–Trinajstić information content (AvgIpc) is 2.29. The van der Waals surface area contributed by atoms with Gasteiger partial charge in [0, 0.05) is 11.5 Å². The van der Waals surface area contributed by atoms with E-state index in [9.17, 15) is 0 Å². The second kappa shape index (κ2) is 6.15. The molecule has 1 unspecified atom stereocenters. The molecule has 0 aliphatic rings. The van der Waals surface area contributed by atoms with Crippen molar-refractivity contribution in [3.05, 3.63) is 37.1 Å². The summed E-state index contributed by atoms with van der Waals surface area (Å²) in [6, 6.07) is 6.30. The molecule has 1 aromatic rings. The van der Waals surface area contributed by atoms with Crippen LogP contribution in [0.15, 0.2) is 37.1 Å². The lowest BCUT2D eigenvalue weighted by atomic mass is 10.1. The zero-order chi connectivity index (χ0) is 12.9. The third kappa shape index (κ3) is 3.81. The van der Waals surface area contributed by atoms with Gasteiger partial charge in [0.1, 0.15) is 8.07 Å². The highest BCUT2D eigenvalue weighted by Gasteiger charge is 2.34. The maximum Gasteiger partial charge on any atom is 0.108 e. The first-order valence-electron chi connectivity index (χ1n) is 6.51. The van der Waals surface area contributed by atoms with E-state index in [-0.39, 0.29) is 0 Å². The molecule has 0 saturated carbocycles. The number of aromatic nitrogens is 1. The van der Waals surface area contributed by atoms with Gasteiger partial charge in [0.15, 0.2) is 0 Å². The minimum absolute atomic E-state index is 0.745. The van der Waals surface area contributed by atoms with Crippen molar-refractivity contribution in [3.63, 3.8) is 0 Å². The van der Waals surface area contributed by atoms with Gasteiger partial charge in [-0.05, 0) is 36.4 Å². The molecule has 1 atom stereocenters. The van der Waals surface area contributed by atoms with Crippen LogP contribution in [-0.4, -0.2) is 13.1 Å². The quantitative estimate of drug-likeness (QED) is 0.547. The first kappa shape index (κ1) is 14.2. The van der Waals surface area contributed by atoms with E-state index >= 15 is 0 Å². The van der Waals surface area contributed by atoms with Gasteiger partial charge in [-0.25, -0.2) is 0 Å². The molecule has 0 radical (unpaired) electrons. The van der Waals surface area contributed by atoms with Gasteiger partial charge in [-0.2, -0.15) is 0 Å². The lowest BCUT2D eigenvalue weighted by molar-refractivity contribution is 0.550. The first-order valence-corrected chi connectivity index (χ1v) is 9.58. The van der Waals surface area contributed by atoms with E-state index in [1.165, 1.54) is 11.7 Å². The molecular weight excluding hydrogens is 222 g/mol. The fourth-order valence-electron chi connectivity index (χ4n) is 2.41. The number of hydrogen-bond donors (Lipinski definition) is 0. The molecule has 0 aromatic carbocycles. The molecule has 2 heteroatoms. The van der Waals surface area contributed by atoms with Crippen LogP contribution in [0.4, 0.5) is 0 Å². The van der Waals surface area contributed by atoms with Crippen molar-refractivity contribution in [1.29, 1.82) is 0 Å². The Morgan fingerprint density at radius 3 is 2.53 bits per heavy atom. The number of hydrogen-bond acceptors (Lipinski definition) is 1. The van der Waals surface area contributed by atoms with E-state index in [1.54, 1.807) is 0 Å². The molecule has 0 spiro atoms. The van der Waals surface area contributed by atoms with Crippen LogP contribution in [0.3, 0.4) is 0 Å². The molecule has 17 heavy (non-hydrogen) atoms. The molecule has 1 heterocycles. The molecule has 1 aromatic heterocycles. The van der Waals surface area contributed by atoms with E-state index in [4.69, 9.17) is 0 Å². The third-order valence-corrected chi connectivity index (χ3v) is 7.68. The molecule has 0 saturated heterocycles. The fraction of sp³-hybridized carbons (Fsp3) is 0.533. The van der Waals surface area contributed by atoms with Crippen LogP contribution in [0.1, 0.15) is 26.7 Å². The summed E-state index contributed by atoms with van der Waals surface area (Å²) in [5.41, 5.74) is 0.745. The van der Waals surface area contributed by atoms with Crippen molar-refractivity contribution in [2.24, 2.45) is 5.92 Å². The van der Waals surface area contributed by atoms with Gasteiger partial charge in [-0.15, -0.1) is 6.58 Å². The van der Waals surface area contributed by atoms with Gasteiger partial charge < -0.3 is 0 Å². The molecule has 0 aliphatic heterocycles. The Morgan fingerprint density at radius 2 is 2.06 bits per heavy atom. The molecule has 0 fully saturated rings. The zero-order valence-corrected chi connectivity index (χ0v) is 12.6. The standard InChI is InChI=1S/C15H25NSi/c1-6-9-14(12-13(2)3)17(4,5)15-10-7-8-11-16-15/h6-8,10-11,13-14H,1,9,12H2,2-5H3. The van der Waals surface area contributed by atoms with Crippen LogP contribution in [0.2, 0.25) is 18.6 Å². The molecular formula is C15H25NSi. The number of pyridine rings is 1. The highest BCUT2D eigenvalue weighted by atomic mass is 28.3. The van der Waals surface area contributed by atoms with E-state index in [0.29, 0.717) is 0 Å². The van der Waals surface area contributed by atoms with Crippen LogP contribution >= 0.6 is 0 Å². The van der Waals surface area contributed by atoms with Crippen molar-refractivity contribution >= 4 is 13.4 Å². The average molecular weight is 247 g/mol. The minimum atomic E-state index is -1.47. The Kier molecular flexibility index (Phi) is 5.13. The highest BCUT2D eigenvalue weighted by Crippen LogP contribution is 2.31. The summed E-state index contributed by atoms with van der Waals surface area (Å²) in [7, 11) is -1.47. The molecule has 0 amide bonds. The van der Waals surface area contributed by atoms with Crippen LogP contribution < -0.4 is 5.32 Å². The summed E-state index contributed by atoms with van der Waals surface area (Å²) in [6.07, 6.45) is 6.39. The lowest BCUT2D eigenvalue weighted by Crippen LogP contribution is -2.47. The van der Waals surface area contributed by atoms with Crippen molar-refractivity contribution in [1.82, 2.24) is 4.98 Å². The number of rotatable bonds is 6. The molecule has 94 valence electrons. The van der Waals surface area contributed by atoms with E-state index in [2.05, 4.69) is 56.7 Å². The summed E-state index contributed by atoms with van der Waals surface area (Å²) in [6.45, 7) is 13.4. The predicted molar refractivity (Wildman–Crippen MR) is 79.4 cm³/mol. The van der Waals surface area contributed by atoms with Gasteiger partial charge in [-0.1, -0.05) is 39.1 Å². The Hall–Kier alpha value is -0.893. The van der Waals surface area contributed by atoms with Crippen LogP contribution in [-0.2, 0) is 0 Å². The Morgan fingerprint density at radius 1 is 1.35 bits per heavy atom. The van der Waals surface area contributed by atoms with E-state index < -0.39 is 8.07 Å². The second-order valence-electron chi connectivity index (χ2n) is 5.79. The maximum atomic E-state index is 4.59. The summed E-state index contributed by atoms with van der Waals surface area (Å²) < 4.78 is 0. The van der Waals surface area contributed by atoms with Crippen molar-refractivity contribution < 1.29 is 0 Å². The van der Waals surface area contributed by atoms with Gasteiger partial charge >= 0.3 is 0 Å². The summed E-state index contributed by atoms with van der Waals surface area (Å²) in [4.78, 5) is 4.59. The van der Waals surface area contributed by atoms with Crippen molar-refractivity contribution in [3.8, 4) is 0 Å². The molecule has 1 nitrogen and oxygen atoms in total. The first-order chi connectivity index (χ1) is 7.98. The SMILES string of the molecule is C=CCC(CC(C)C)[Si](C)(C)c1ccccn1. The zero-order valence-electron chi connectivity index (χ0n) is 11.6. The Labute approximate surface area is 107 Å². The Bertz CT molecular complexity index is 343. The van der Waals surface area contributed by atoms with Gasteiger partial charge in [0.2, 0.25) is 0 Å². The number of allylic oxidation sites excluding steroid dienone is 1. The molecule has 0 bridgehead atoms. The molecule has 0 N–H and O–H groups in total. The van der Waals surface area contributed by atoms with Crippen molar-refractivity contribution in [2.75, 3.05) is 0 Å². The van der Waals surface area contributed by atoms with Crippen LogP contribution in [0.5, 0.6) is 0 Å². The molecule has 1 rings (SSSR count). The topological polar surface area (TPSA) is 12.9 Å². The van der Waals surface area contributed by atoms with Crippen molar-refractivity contribution in [2.45, 2.75) is 45.3 Å². The Balaban J connectivity index is 2.94. The van der Waals surface area contributed by atoms with Gasteiger partial charge in [0.05, 0.1) is 0 Å². The summed E-state index contributed by atoms with van der Waals surface area (Å²) in [5.74, 6) is 0.746. The minimum Gasteiger partial charge on any atom is -0.266 e. The predicted octanol–water partition coefficient (Wildman–Crippen LogP) is 3.99. The van der Waals surface area contributed by atoms with Crippen LogP contribution in [0.25, 0.3) is 0 Å². The monoisotopic (exact) mass is 247 g/mol. The van der Waals surface area contributed by atoms with E-state index in [0.717, 1.165) is 17.9 Å². The second-order valence-corrected chi connectivity index (χ2v) is 10.6. The molecule has 0 aliphatic carbocycles. The summed E-state index contributed by atoms with van der Waals surface area (Å²) >= 11 is 0. The maximum absolute atomic E-state index is 4.59. The van der Waals surface area contributed by atoms with Crippen LogP contribution in [0, 0.1) is 5.92 Å².